The molecule has 0 aliphatic heterocycles. The minimum absolute atomic E-state index is 0.520. The number of hydrogen-bond acceptors (Lipinski definition) is 2. The molecule has 0 aliphatic rings. The summed E-state index contributed by atoms with van der Waals surface area (Å²) in [6.07, 6.45) is 19.6. The van der Waals surface area contributed by atoms with Gasteiger partial charge in [-0.05, 0) is 32.1 Å². The minimum Gasteiger partial charge on any atom is -0.380 e. The molecule has 0 radical (unpaired) electrons. The maximum atomic E-state index is 8.35. The Morgan fingerprint density at radius 2 is 1.40 bits per heavy atom. The third-order valence-electron chi connectivity index (χ3n) is 3.41. The number of ether oxygens (including phenoxy) is 1. The monoisotopic (exact) mass is 279 g/mol. The highest BCUT2D eigenvalue weighted by molar-refractivity contribution is 4.81. The summed E-state index contributed by atoms with van der Waals surface area (Å²) in [5.41, 5.74) is 0. The summed E-state index contributed by atoms with van der Waals surface area (Å²) in [5, 5.41) is 8.35. The average Bonchev–Trinajstić information content (AvgIpc) is 2.47. The van der Waals surface area contributed by atoms with Crippen molar-refractivity contribution in [2.24, 2.45) is 0 Å². The average molecular weight is 279 g/mol. The Labute approximate surface area is 126 Å². The van der Waals surface area contributed by atoms with Gasteiger partial charge in [0.1, 0.15) is 0 Å². The fourth-order valence-corrected chi connectivity index (χ4v) is 2.14. The quantitative estimate of drug-likeness (QED) is 0.281. The van der Waals surface area contributed by atoms with Crippen LogP contribution in [0.1, 0.15) is 84.0 Å². The van der Waals surface area contributed by atoms with E-state index < -0.39 is 0 Å². The summed E-state index contributed by atoms with van der Waals surface area (Å²) in [4.78, 5) is 0. The summed E-state index contributed by atoms with van der Waals surface area (Å²) in [6.45, 7) is 3.67. The highest BCUT2D eigenvalue weighted by Gasteiger charge is 1.92. The van der Waals surface area contributed by atoms with E-state index in [2.05, 4.69) is 25.1 Å². The van der Waals surface area contributed by atoms with Gasteiger partial charge in [-0.25, -0.2) is 0 Å². The van der Waals surface area contributed by atoms with E-state index in [-0.39, 0.29) is 0 Å². The molecule has 0 bridgehead atoms. The van der Waals surface area contributed by atoms with Crippen molar-refractivity contribution in [3.63, 3.8) is 0 Å². The van der Waals surface area contributed by atoms with Gasteiger partial charge >= 0.3 is 0 Å². The first kappa shape index (κ1) is 19.2. The van der Waals surface area contributed by atoms with Gasteiger partial charge in [0.25, 0.3) is 0 Å². The molecule has 0 aliphatic carbocycles. The third-order valence-corrected chi connectivity index (χ3v) is 3.41. The van der Waals surface area contributed by atoms with Crippen molar-refractivity contribution in [3.8, 4) is 6.07 Å². The van der Waals surface area contributed by atoms with Gasteiger partial charge in [0.05, 0.1) is 19.1 Å². The van der Waals surface area contributed by atoms with Crippen molar-refractivity contribution >= 4 is 0 Å². The fourth-order valence-electron chi connectivity index (χ4n) is 2.14. The van der Waals surface area contributed by atoms with Gasteiger partial charge in [-0.1, -0.05) is 57.6 Å². The Bertz CT molecular complexity index is 242. The molecule has 0 N–H and O–H groups in total. The van der Waals surface area contributed by atoms with Crippen LogP contribution in [0.5, 0.6) is 0 Å². The van der Waals surface area contributed by atoms with E-state index in [0.717, 1.165) is 13.0 Å². The summed E-state index contributed by atoms with van der Waals surface area (Å²) in [6, 6.07) is 2.09. The number of hydrogen-bond donors (Lipinski definition) is 0. The SMILES string of the molecule is CCCCC/C=C/CCCCCCCCOCCC#N. The molecule has 0 saturated heterocycles. The molecule has 0 unspecified atom stereocenters. The first-order chi connectivity index (χ1) is 9.91. The largest absolute Gasteiger partial charge is 0.380 e. The molecule has 2 nitrogen and oxygen atoms in total. The van der Waals surface area contributed by atoms with Gasteiger partial charge in [-0.3, -0.25) is 0 Å². The van der Waals surface area contributed by atoms with E-state index in [1.807, 2.05) is 0 Å². The predicted octanol–water partition coefficient (Wildman–Crippen LogP) is 5.78. The van der Waals surface area contributed by atoms with Gasteiger partial charge in [0.15, 0.2) is 0 Å². The van der Waals surface area contributed by atoms with E-state index in [9.17, 15) is 0 Å². The highest BCUT2D eigenvalue weighted by atomic mass is 16.5. The Kier molecular flexibility index (Phi) is 17.5. The van der Waals surface area contributed by atoms with Crippen LogP contribution in [0, 0.1) is 11.3 Å². The fraction of sp³-hybridized carbons (Fsp3) is 0.833. The lowest BCUT2D eigenvalue weighted by atomic mass is 10.1. The van der Waals surface area contributed by atoms with Crippen LogP contribution in [0.25, 0.3) is 0 Å². The zero-order valence-electron chi connectivity index (χ0n) is 13.4. The van der Waals surface area contributed by atoms with Gasteiger partial charge < -0.3 is 4.74 Å². The zero-order chi connectivity index (χ0) is 14.7. The molecular formula is C18H33NO. The zero-order valence-corrected chi connectivity index (χ0v) is 13.4. The van der Waals surface area contributed by atoms with Crippen LogP contribution < -0.4 is 0 Å². The molecule has 20 heavy (non-hydrogen) atoms. The molecule has 0 aromatic rings. The molecule has 0 saturated carbocycles. The Morgan fingerprint density at radius 1 is 0.800 bits per heavy atom. The lowest BCUT2D eigenvalue weighted by molar-refractivity contribution is 0.135. The molecular weight excluding hydrogens is 246 g/mol. The summed E-state index contributed by atoms with van der Waals surface area (Å²) >= 11 is 0. The van der Waals surface area contributed by atoms with Gasteiger partial charge in [-0.2, -0.15) is 5.26 Å². The lowest BCUT2D eigenvalue weighted by Gasteiger charge is -2.02. The topological polar surface area (TPSA) is 33.0 Å². The maximum absolute atomic E-state index is 8.35. The van der Waals surface area contributed by atoms with Crippen molar-refractivity contribution in [2.45, 2.75) is 84.0 Å². The molecule has 0 amide bonds. The summed E-state index contributed by atoms with van der Waals surface area (Å²) in [5.74, 6) is 0. The van der Waals surface area contributed by atoms with Crippen LogP contribution >= 0.6 is 0 Å². The Balaban J connectivity index is 3.01. The van der Waals surface area contributed by atoms with E-state index in [4.69, 9.17) is 10.00 Å². The molecule has 0 spiro atoms. The molecule has 0 fully saturated rings. The smallest absolute Gasteiger partial charge is 0.0645 e. The van der Waals surface area contributed by atoms with Crippen molar-refractivity contribution in [1.82, 2.24) is 0 Å². The van der Waals surface area contributed by atoms with E-state index >= 15 is 0 Å². The van der Waals surface area contributed by atoms with E-state index in [1.54, 1.807) is 0 Å². The molecule has 0 atom stereocenters. The first-order valence-corrected chi connectivity index (χ1v) is 8.51. The summed E-state index contributed by atoms with van der Waals surface area (Å²) in [7, 11) is 0. The standard InChI is InChI=1S/C18H33NO/c1-2-3-4-5-6-7-8-9-10-11-12-13-14-17-20-18-15-16-19/h6-7H,2-5,8-15,17-18H2,1H3/b7-6+. The number of nitriles is 1. The lowest BCUT2D eigenvalue weighted by Crippen LogP contribution is -1.95. The van der Waals surface area contributed by atoms with Crippen molar-refractivity contribution < 1.29 is 4.74 Å². The number of allylic oxidation sites excluding steroid dienone is 2. The normalized spacial score (nSPS) is 11.0. The van der Waals surface area contributed by atoms with Gasteiger partial charge in [0, 0.05) is 6.61 Å². The van der Waals surface area contributed by atoms with Gasteiger partial charge in [-0.15, -0.1) is 0 Å². The second-order valence-corrected chi connectivity index (χ2v) is 5.40. The van der Waals surface area contributed by atoms with Crippen molar-refractivity contribution in [1.29, 1.82) is 5.26 Å². The van der Waals surface area contributed by atoms with E-state index in [0.29, 0.717) is 13.0 Å². The Hall–Kier alpha value is -0.810. The van der Waals surface area contributed by atoms with Crippen LogP contribution in [-0.2, 0) is 4.74 Å². The predicted molar refractivity (Wildman–Crippen MR) is 86.7 cm³/mol. The molecule has 0 heterocycles. The second kappa shape index (κ2) is 18.2. The van der Waals surface area contributed by atoms with Crippen molar-refractivity contribution in [3.05, 3.63) is 12.2 Å². The number of unbranched alkanes of at least 4 members (excludes halogenated alkanes) is 9. The minimum atomic E-state index is 0.520. The van der Waals surface area contributed by atoms with Crippen LogP contribution in [0.3, 0.4) is 0 Å². The third kappa shape index (κ3) is 17.2. The number of rotatable bonds is 15. The van der Waals surface area contributed by atoms with Gasteiger partial charge in [0.2, 0.25) is 0 Å². The maximum Gasteiger partial charge on any atom is 0.0645 e. The van der Waals surface area contributed by atoms with Crippen LogP contribution in [0.2, 0.25) is 0 Å². The number of nitrogens with zero attached hydrogens (tertiary/aromatic N) is 1. The molecule has 116 valence electrons. The van der Waals surface area contributed by atoms with Crippen molar-refractivity contribution in [2.75, 3.05) is 13.2 Å². The van der Waals surface area contributed by atoms with Crippen LogP contribution in [-0.4, -0.2) is 13.2 Å². The second-order valence-electron chi connectivity index (χ2n) is 5.40. The first-order valence-electron chi connectivity index (χ1n) is 8.51. The Morgan fingerprint density at radius 3 is 2.05 bits per heavy atom. The molecule has 2 heteroatoms. The molecule has 0 rings (SSSR count). The van der Waals surface area contributed by atoms with E-state index in [1.165, 1.54) is 64.2 Å². The molecule has 0 aromatic heterocycles. The van der Waals surface area contributed by atoms with Crippen LogP contribution in [0.4, 0.5) is 0 Å². The van der Waals surface area contributed by atoms with Crippen LogP contribution in [0.15, 0.2) is 12.2 Å². The molecule has 0 aromatic carbocycles. The highest BCUT2D eigenvalue weighted by Crippen LogP contribution is 2.08. The summed E-state index contributed by atoms with van der Waals surface area (Å²) < 4.78 is 5.34.